The highest BCUT2D eigenvalue weighted by atomic mass is 19.3. The minimum Gasteiger partial charge on any atom is -0.207 e. The first-order chi connectivity index (χ1) is 20.0. The summed E-state index contributed by atoms with van der Waals surface area (Å²) in [4.78, 5) is 0. The number of hydrogen-bond donors (Lipinski definition) is 0. The minimum atomic E-state index is -2.78. The third kappa shape index (κ3) is 6.95. The van der Waals surface area contributed by atoms with Gasteiger partial charge in [-0.3, -0.25) is 0 Å². The highest BCUT2D eigenvalue weighted by Gasteiger charge is 2.19. The van der Waals surface area contributed by atoms with Gasteiger partial charge in [0.15, 0.2) is 0 Å². The molecule has 4 rings (SSSR count). The fourth-order valence-corrected chi connectivity index (χ4v) is 4.51. The quantitative estimate of drug-likeness (QED) is 0.103. The van der Waals surface area contributed by atoms with Crippen molar-refractivity contribution in [2.75, 3.05) is 0 Å². The second kappa shape index (κ2) is 13.1. The van der Waals surface area contributed by atoms with Gasteiger partial charge in [-0.25, -0.2) is 39.5 Å². The molecular weight excluding hydrogens is 567 g/mol. The first-order valence-corrected chi connectivity index (χ1v) is 12.9. The Labute approximate surface area is 236 Å². The summed E-state index contributed by atoms with van der Waals surface area (Å²) in [7, 11) is 0. The van der Waals surface area contributed by atoms with Crippen LogP contribution in [0.4, 0.5) is 39.5 Å². The maximum Gasteiger partial charge on any atom is 0.257 e. The molecule has 9 heteroatoms. The van der Waals surface area contributed by atoms with Gasteiger partial charge in [-0.1, -0.05) is 37.6 Å². The Bertz CT molecular complexity index is 1600. The predicted molar refractivity (Wildman–Crippen MR) is 145 cm³/mol. The van der Waals surface area contributed by atoms with Crippen LogP contribution in [0, 0.1) is 40.7 Å². The standard InChI is InChI=1S/C33H23F9/c1-2-4-18-7-9-22(25(34)11-18)20-14-30(39)33(31(40)15-20)21-16-28(37)24(29(38)17-21)10-8-19-12-26(35)23(27(36)13-19)5-3-6-32(41)42/h3,6-17,32H,2,4-5H2,1H3. The average Bonchev–Trinajstić information content (AvgIpc) is 2.89. The molecule has 0 nitrogen and oxygen atoms in total. The van der Waals surface area contributed by atoms with Crippen LogP contribution in [0.5, 0.6) is 0 Å². The van der Waals surface area contributed by atoms with Crippen molar-refractivity contribution in [1.82, 2.24) is 0 Å². The van der Waals surface area contributed by atoms with E-state index in [-0.39, 0.29) is 16.7 Å². The second-order valence-electron chi connectivity index (χ2n) is 9.50. The highest BCUT2D eigenvalue weighted by molar-refractivity contribution is 5.75. The minimum absolute atomic E-state index is 0.0393. The zero-order valence-corrected chi connectivity index (χ0v) is 22.1. The van der Waals surface area contributed by atoms with Crippen molar-refractivity contribution < 1.29 is 39.5 Å². The lowest BCUT2D eigenvalue weighted by molar-refractivity contribution is 0.204. The van der Waals surface area contributed by atoms with E-state index in [0.29, 0.717) is 24.6 Å². The molecule has 4 aromatic rings. The molecule has 42 heavy (non-hydrogen) atoms. The van der Waals surface area contributed by atoms with E-state index in [9.17, 15) is 30.7 Å². The molecule has 0 aliphatic carbocycles. The van der Waals surface area contributed by atoms with E-state index >= 15 is 8.78 Å². The number of halogens is 9. The van der Waals surface area contributed by atoms with Crippen LogP contribution in [0.2, 0.25) is 0 Å². The second-order valence-corrected chi connectivity index (χ2v) is 9.50. The molecule has 0 heterocycles. The van der Waals surface area contributed by atoms with E-state index in [1.165, 1.54) is 12.1 Å². The monoisotopic (exact) mass is 590 g/mol. The van der Waals surface area contributed by atoms with Gasteiger partial charge in [0, 0.05) is 16.7 Å². The Morgan fingerprint density at radius 2 is 1.24 bits per heavy atom. The maximum absolute atomic E-state index is 15.0. The van der Waals surface area contributed by atoms with Crippen molar-refractivity contribution >= 4 is 12.2 Å². The largest absolute Gasteiger partial charge is 0.257 e. The molecule has 0 N–H and O–H groups in total. The molecule has 0 unspecified atom stereocenters. The first-order valence-electron chi connectivity index (χ1n) is 12.9. The van der Waals surface area contributed by atoms with Crippen molar-refractivity contribution in [3.8, 4) is 22.3 Å². The third-order valence-corrected chi connectivity index (χ3v) is 6.50. The highest BCUT2D eigenvalue weighted by Crippen LogP contribution is 2.34. The van der Waals surface area contributed by atoms with E-state index in [1.54, 1.807) is 6.07 Å². The Hall–Kier alpha value is -4.27. The normalized spacial score (nSPS) is 11.9. The Balaban J connectivity index is 1.62. The number of hydrogen-bond acceptors (Lipinski definition) is 0. The number of rotatable bonds is 9. The van der Waals surface area contributed by atoms with Gasteiger partial charge in [-0.15, -0.1) is 0 Å². The van der Waals surface area contributed by atoms with Gasteiger partial charge < -0.3 is 0 Å². The number of alkyl halides is 2. The zero-order chi connectivity index (χ0) is 30.6. The van der Waals surface area contributed by atoms with E-state index in [1.807, 2.05) is 6.92 Å². The van der Waals surface area contributed by atoms with E-state index < -0.39 is 75.8 Å². The van der Waals surface area contributed by atoms with Gasteiger partial charge in [0.1, 0.15) is 40.7 Å². The summed E-state index contributed by atoms with van der Waals surface area (Å²) in [5.41, 5.74) is -1.81. The molecule has 4 aromatic carbocycles. The first kappa shape index (κ1) is 30.7. The van der Waals surface area contributed by atoms with Crippen LogP contribution in [0.1, 0.15) is 35.6 Å². The van der Waals surface area contributed by atoms with Crippen molar-refractivity contribution in [3.05, 3.63) is 130 Å². The molecule has 0 amide bonds. The summed E-state index contributed by atoms with van der Waals surface area (Å²) in [5.74, 6) is -7.52. The SMILES string of the molecule is CCCc1ccc(-c2cc(F)c(-c3cc(F)c(C=Cc4cc(F)c(CC=CC(F)F)c(F)c4)c(F)c3)c(F)c2)c(F)c1. The molecule has 0 saturated carbocycles. The Morgan fingerprint density at radius 1 is 0.643 bits per heavy atom. The van der Waals surface area contributed by atoms with Crippen molar-refractivity contribution in [1.29, 1.82) is 0 Å². The predicted octanol–water partition coefficient (Wildman–Crippen LogP) is 10.5. The topological polar surface area (TPSA) is 0 Å². The van der Waals surface area contributed by atoms with Crippen molar-refractivity contribution in [2.45, 2.75) is 32.6 Å². The summed E-state index contributed by atoms with van der Waals surface area (Å²) < 4.78 is 128. The average molecular weight is 591 g/mol. The van der Waals surface area contributed by atoms with Gasteiger partial charge in [-0.05, 0) is 89.7 Å². The van der Waals surface area contributed by atoms with Crippen molar-refractivity contribution in [2.24, 2.45) is 0 Å². The molecule has 0 fully saturated rings. The van der Waals surface area contributed by atoms with Gasteiger partial charge in [0.25, 0.3) is 6.43 Å². The van der Waals surface area contributed by atoms with E-state index in [2.05, 4.69) is 0 Å². The molecule has 0 spiro atoms. The maximum atomic E-state index is 15.0. The fourth-order valence-electron chi connectivity index (χ4n) is 4.51. The molecule has 0 saturated heterocycles. The molecule has 0 radical (unpaired) electrons. The lowest BCUT2D eigenvalue weighted by Crippen LogP contribution is -1.98. The zero-order valence-electron chi connectivity index (χ0n) is 22.1. The van der Waals surface area contributed by atoms with Crippen LogP contribution in [-0.2, 0) is 12.8 Å². The number of allylic oxidation sites excluding steroid dienone is 2. The summed E-state index contributed by atoms with van der Waals surface area (Å²) >= 11 is 0. The van der Waals surface area contributed by atoms with Crippen LogP contribution in [0.3, 0.4) is 0 Å². The lowest BCUT2D eigenvalue weighted by Gasteiger charge is -2.12. The molecule has 0 aliphatic rings. The van der Waals surface area contributed by atoms with Crippen LogP contribution >= 0.6 is 0 Å². The van der Waals surface area contributed by atoms with Crippen LogP contribution in [0.25, 0.3) is 34.4 Å². The van der Waals surface area contributed by atoms with Gasteiger partial charge >= 0.3 is 0 Å². The smallest absolute Gasteiger partial charge is 0.207 e. The lowest BCUT2D eigenvalue weighted by atomic mass is 9.96. The van der Waals surface area contributed by atoms with Crippen LogP contribution in [0.15, 0.2) is 66.7 Å². The van der Waals surface area contributed by atoms with E-state index in [4.69, 9.17) is 0 Å². The summed E-state index contributed by atoms with van der Waals surface area (Å²) in [6.45, 7) is 1.92. The molecule has 0 bridgehead atoms. The Kier molecular flexibility index (Phi) is 9.60. The Morgan fingerprint density at radius 3 is 1.79 bits per heavy atom. The molecule has 0 aromatic heterocycles. The summed E-state index contributed by atoms with van der Waals surface area (Å²) in [6, 6.07) is 9.20. The molecule has 218 valence electrons. The van der Waals surface area contributed by atoms with Crippen LogP contribution in [-0.4, -0.2) is 6.43 Å². The van der Waals surface area contributed by atoms with Crippen molar-refractivity contribution in [3.63, 3.8) is 0 Å². The molecule has 0 aliphatic heterocycles. The van der Waals surface area contributed by atoms with Crippen LogP contribution < -0.4 is 0 Å². The molecular formula is C33H23F9. The van der Waals surface area contributed by atoms with E-state index in [0.717, 1.165) is 54.5 Å². The van der Waals surface area contributed by atoms with Gasteiger partial charge in [0.05, 0.1) is 5.56 Å². The fraction of sp³-hybridized carbons (Fsp3) is 0.152. The van der Waals surface area contributed by atoms with Gasteiger partial charge in [0.2, 0.25) is 0 Å². The summed E-state index contributed by atoms with van der Waals surface area (Å²) in [5, 5.41) is 0. The third-order valence-electron chi connectivity index (χ3n) is 6.50. The van der Waals surface area contributed by atoms with Gasteiger partial charge in [-0.2, -0.15) is 0 Å². The number of aryl methyl sites for hydroxylation is 1. The summed E-state index contributed by atoms with van der Waals surface area (Å²) in [6.07, 6.45) is 1.52. The number of benzene rings is 4. The molecule has 0 atom stereocenters.